The molecule has 0 aliphatic carbocycles. The Kier molecular flexibility index (Phi) is 4.10. The van der Waals surface area contributed by atoms with Crippen molar-refractivity contribution in [3.63, 3.8) is 0 Å². The molecule has 4 nitrogen and oxygen atoms in total. The largest absolute Gasteiger partial charge is 0.460 e. The highest BCUT2D eigenvalue weighted by Gasteiger charge is 2.37. The Hall–Kier alpha value is -0.870. The second kappa shape index (κ2) is 5.12. The van der Waals surface area contributed by atoms with Gasteiger partial charge in [-0.2, -0.15) is 0 Å². The van der Waals surface area contributed by atoms with Gasteiger partial charge in [-0.05, 0) is 6.42 Å². The molecule has 0 aromatic rings. The molecule has 0 amide bonds. The Morgan fingerprint density at radius 3 is 2.71 bits per heavy atom. The van der Waals surface area contributed by atoms with Crippen LogP contribution in [0.5, 0.6) is 0 Å². The van der Waals surface area contributed by atoms with E-state index in [-0.39, 0.29) is 12.6 Å². The standard InChI is InChI=1S/C10H16O4/c1-3-4-5-10(8-12-9(2)11)13-6-7-14-10/h3H,1,4-8H2,2H3. The molecule has 14 heavy (non-hydrogen) atoms. The topological polar surface area (TPSA) is 44.8 Å². The fourth-order valence-electron chi connectivity index (χ4n) is 1.33. The van der Waals surface area contributed by atoms with E-state index in [1.54, 1.807) is 6.08 Å². The lowest BCUT2D eigenvalue weighted by Crippen LogP contribution is -2.36. The van der Waals surface area contributed by atoms with Gasteiger partial charge in [-0.3, -0.25) is 4.79 Å². The SMILES string of the molecule is C=CCCC1(COC(C)=O)OCCO1. The van der Waals surface area contributed by atoms with Crippen LogP contribution in [0, 0.1) is 0 Å². The maximum Gasteiger partial charge on any atom is 0.302 e. The third kappa shape index (κ3) is 3.12. The highest BCUT2D eigenvalue weighted by Crippen LogP contribution is 2.25. The van der Waals surface area contributed by atoms with E-state index in [1.807, 2.05) is 0 Å². The molecule has 1 rings (SSSR count). The highest BCUT2D eigenvalue weighted by molar-refractivity contribution is 5.65. The van der Waals surface area contributed by atoms with Crippen LogP contribution in [0.25, 0.3) is 0 Å². The van der Waals surface area contributed by atoms with Crippen LogP contribution in [-0.2, 0) is 19.0 Å². The molecule has 0 aromatic heterocycles. The Balaban J connectivity index is 2.43. The van der Waals surface area contributed by atoms with Crippen molar-refractivity contribution in [3.8, 4) is 0 Å². The summed E-state index contributed by atoms with van der Waals surface area (Å²) in [5.41, 5.74) is 0. The van der Waals surface area contributed by atoms with Gasteiger partial charge in [0, 0.05) is 13.3 Å². The number of ether oxygens (including phenoxy) is 3. The maximum absolute atomic E-state index is 10.7. The van der Waals surface area contributed by atoms with Gasteiger partial charge in [-0.25, -0.2) is 0 Å². The quantitative estimate of drug-likeness (QED) is 0.495. The molecule has 1 aliphatic rings. The summed E-state index contributed by atoms with van der Waals surface area (Å²) in [5.74, 6) is -1.05. The van der Waals surface area contributed by atoms with Crippen molar-refractivity contribution >= 4 is 5.97 Å². The van der Waals surface area contributed by atoms with Crippen LogP contribution in [0.15, 0.2) is 12.7 Å². The summed E-state index contributed by atoms with van der Waals surface area (Å²) in [6.07, 6.45) is 3.24. The van der Waals surface area contributed by atoms with Crippen molar-refractivity contribution in [3.05, 3.63) is 12.7 Å². The molecule has 1 heterocycles. The number of rotatable bonds is 5. The van der Waals surface area contributed by atoms with E-state index in [4.69, 9.17) is 14.2 Å². The Labute approximate surface area is 83.8 Å². The fraction of sp³-hybridized carbons (Fsp3) is 0.700. The number of hydrogen-bond donors (Lipinski definition) is 0. The van der Waals surface area contributed by atoms with E-state index in [0.29, 0.717) is 19.6 Å². The maximum atomic E-state index is 10.7. The lowest BCUT2D eigenvalue weighted by Gasteiger charge is -2.25. The first-order valence-electron chi connectivity index (χ1n) is 4.71. The smallest absolute Gasteiger partial charge is 0.302 e. The van der Waals surface area contributed by atoms with Gasteiger partial charge in [0.2, 0.25) is 5.79 Å². The van der Waals surface area contributed by atoms with E-state index >= 15 is 0 Å². The first kappa shape index (κ1) is 11.2. The van der Waals surface area contributed by atoms with E-state index in [0.717, 1.165) is 6.42 Å². The van der Waals surface area contributed by atoms with Crippen molar-refractivity contribution in [2.24, 2.45) is 0 Å². The third-order valence-corrected chi connectivity index (χ3v) is 2.04. The Morgan fingerprint density at radius 2 is 2.21 bits per heavy atom. The van der Waals surface area contributed by atoms with Gasteiger partial charge < -0.3 is 14.2 Å². The van der Waals surface area contributed by atoms with E-state index in [2.05, 4.69) is 6.58 Å². The molecule has 4 heteroatoms. The summed E-state index contributed by atoms with van der Waals surface area (Å²) in [7, 11) is 0. The minimum Gasteiger partial charge on any atom is -0.460 e. The molecule has 1 saturated heterocycles. The van der Waals surface area contributed by atoms with Gasteiger partial charge in [0.05, 0.1) is 13.2 Å². The molecule has 0 unspecified atom stereocenters. The van der Waals surface area contributed by atoms with Crippen LogP contribution in [0.2, 0.25) is 0 Å². The zero-order valence-corrected chi connectivity index (χ0v) is 8.45. The third-order valence-electron chi connectivity index (χ3n) is 2.04. The van der Waals surface area contributed by atoms with Gasteiger partial charge in [-0.15, -0.1) is 6.58 Å². The summed E-state index contributed by atoms with van der Waals surface area (Å²) < 4.78 is 15.8. The van der Waals surface area contributed by atoms with Crippen molar-refractivity contribution < 1.29 is 19.0 Å². The summed E-state index contributed by atoms with van der Waals surface area (Å²) in [6.45, 7) is 6.27. The molecule has 0 aromatic carbocycles. The van der Waals surface area contributed by atoms with Crippen molar-refractivity contribution in [1.82, 2.24) is 0 Å². The number of allylic oxidation sites excluding steroid dienone is 1. The van der Waals surface area contributed by atoms with Gasteiger partial charge in [-0.1, -0.05) is 6.08 Å². The number of hydrogen-bond acceptors (Lipinski definition) is 4. The van der Waals surface area contributed by atoms with Crippen LogP contribution < -0.4 is 0 Å². The second-order valence-electron chi connectivity index (χ2n) is 3.22. The Morgan fingerprint density at radius 1 is 1.57 bits per heavy atom. The van der Waals surface area contributed by atoms with E-state index in [9.17, 15) is 4.79 Å². The predicted molar refractivity (Wildman–Crippen MR) is 50.7 cm³/mol. The fourth-order valence-corrected chi connectivity index (χ4v) is 1.33. The van der Waals surface area contributed by atoms with Gasteiger partial charge in [0.25, 0.3) is 0 Å². The summed E-state index contributed by atoms with van der Waals surface area (Å²) in [5, 5.41) is 0. The minimum absolute atomic E-state index is 0.163. The lowest BCUT2D eigenvalue weighted by atomic mass is 10.1. The second-order valence-corrected chi connectivity index (χ2v) is 3.22. The minimum atomic E-state index is -0.736. The van der Waals surface area contributed by atoms with E-state index < -0.39 is 5.79 Å². The molecule has 1 aliphatic heterocycles. The molecular weight excluding hydrogens is 184 g/mol. The van der Waals surface area contributed by atoms with Crippen LogP contribution in [-0.4, -0.2) is 31.6 Å². The monoisotopic (exact) mass is 200 g/mol. The molecular formula is C10H16O4. The summed E-state index contributed by atoms with van der Waals surface area (Å²) in [4.78, 5) is 10.7. The summed E-state index contributed by atoms with van der Waals surface area (Å²) in [6, 6.07) is 0. The lowest BCUT2D eigenvalue weighted by molar-refractivity contribution is -0.200. The van der Waals surface area contributed by atoms with Crippen LogP contribution >= 0.6 is 0 Å². The zero-order valence-electron chi connectivity index (χ0n) is 8.45. The molecule has 80 valence electrons. The first-order chi connectivity index (χ1) is 6.68. The number of carbonyl (C=O) groups excluding carboxylic acids is 1. The molecule has 0 spiro atoms. The van der Waals surface area contributed by atoms with Crippen LogP contribution in [0.1, 0.15) is 19.8 Å². The first-order valence-corrected chi connectivity index (χ1v) is 4.71. The van der Waals surface area contributed by atoms with Crippen molar-refractivity contribution in [2.75, 3.05) is 19.8 Å². The molecule has 1 fully saturated rings. The molecule has 0 atom stereocenters. The number of carbonyl (C=O) groups is 1. The van der Waals surface area contributed by atoms with Crippen LogP contribution in [0.3, 0.4) is 0 Å². The highest BCUT2D eigenvalue weighted by atomic mass is 16.8. The zero-order chi connectivity index (χ0) is 10.4. The normalized spacial score (nSPS) is 19.2. The predicted octanol–water partition coefficient (Wildman–Crippen LogP) is 1.26. The molecule has 0 radical (unpaired) electrons. The van der Waals surface area contributed by atoms with Gasteiger partial charge >= 0.3 is 5.97 Å². The average Bonchev–Trinajstić information content (AvgIpc) is 2.61. The molecule has 0 saturated carbocycles. The van der Waals surface area contributed by atoms with Gasteiger partial charge in [0.1, 0.15) is 6.61 Å². The van der Waals surface area contributed by atoms with Crippen molar-refractivity contribution in [1.29, 1.82) is 0 Å². The Bertz CT molecular complexity index is 206. The average molecular weight is 200 g/mol. The van der Waals surface area contributed by atoms with Crippen LogP contribution in [0.4, 0.5) is 0 Å². The van der Waals surface area contributed by atoms with E-state index in [1.165, 1.54) is 6.92 Å². The number of esters is 1. The van der Waals surface area contributed by atoms with Gasteiger partial charge in [0.15, 0.2) is 0 Å². The summed E-state index contributed by atoms with van der Waals surface area (Å²) >= 11 is 0. The molecule has 0 N–H and O–H groups in total. The van der Waals surface area contributed by atoms with Crippen molar-refractivity contribution in [2.45, 2.75) is 25.6 Å². The molecule has 0 bridgehead atoms.